The fraction of sp³-hybridized carbons (Fsp3) is 0.667. The van der Waals surface area contributed by atoms with Crippen molar-refractivity contribution in [2.45, 2.75) is 52.9 Å². The number of aryl methyl sites for hydroxylation is 2. The predicted molar refractivity (Wildman–Crippen MR) is 88.6 cm³/mol. The van der Waals surface area contributed by atoms with Crippen LogP contribution in [0.3, 0.4) is 0 Å². The molecule has 0 spiro atoms. The van der Waals surface area contributed by atoms with Gasteiger partial charge in [-0.1, -0.05) is 6.07 Å². The molecule has 1 aliphatic heterocycles. The number of hydrogen-bond acceptors (Lipinski definition) is 4. The first-order valence-electron chi connectivity index (χ1n) is 8.11. The van der Waals surface area contributed by atoms with Gasteiger partial charge in [-0.2, -0.15) is 0 Å². The molecule has 1 aliphatic rings. The fourth-order valence-electron chi connectivity index (χ4n) is 3.12. The second-order valence-corrected chi connectivity index (χ2v) is 6.65. The Morgan fingerprint density at radius 1 is 1.23 bits per heavy atom. The van der Waals surface area contributed by atoms with E-state index in [1.54, 1.807) is 0 Å². The second kappa shape index (κ2) is 7.44. The summed E-state index contributed by atoms with van der Waals surface area (Å²) in [7, 11) is 0. The first-order chi connectivity index (χ1) is 10.3. The summed E-state index contributed by atoms with van der Waals surface area (Å²) in [5.41, 5.74) is 3.55. The molecule has 3 atom stereocenters. The van der Waals surface area contributed by atoms with Crippen LogP contribution in [0.1, 0.15) is 30.5 Å². The molecule has 0 radical (unpaired) electrons. The van der Waals surface area contributed by atoms with E-state index in [2.05, 4.69) is 45.6 Å². The van der Waals surface area contributed by atoms with Crippen molar-refractivity contribution in [1.82, 2.24) is 4.90 Å². The minimum Gasteiger partial charge on any atom is -0.491 e. The van der Waals surface area contributed by atoms with Crippen molar-refractivity contribution in [1.29, 1.82) is 0 Å². The maximum absolute atomic E-state index is 10.3. The highest BCUT2D eigenvalue weighted by Crippen LogP contribution is 2.23. The normalized spacial score (nSPS) is 24.3. The van der Waals surface area contributed by atoms with Crippen molar-refractivity contribution in [2.24, 2.45) is 0 Å². The number of β-amino-alcohol motifs (C(OH)–C–C–N with tert-alkyl or cyclic N) is 1. The maximum Gasteiger partial charge on any atom is 0.122 e. The Bertz CT molecular complexity index is 493. The molecular weight excluding hydrogens is 278 g/mol. The van der Waals surface area contributed by atoms with Gasteiger partial charge in [0.2, 0.25) is 0 Å². The maximum atomic E-state index is 10.3. The van der Waals surface area contributed by atoms with Gasteiger partial charge in [-0.25, -0.2) is 0 Å². The molecule has 1 aromatic carbocycles. The lowest BCUT2D eigenvalue weighted by atomic mass is 10.1. The van der Waals surface area contributed by atoms with Gasteiger partial charge in [0, 0.05) is 19.6 Å². The van der Waals surface area contributed by atoms with Gasteiger partial charge >= 0.3 is 0 Å². The summed E-state index contributed by atoms with van der Waals surface area (Å²) in [6, 6.07) is 4.18. The minimum atomic E-state index is -0.488. The molecule has 0 amide bonds. The van der Waals surface area contributed by atoms with Crippen molar-refractivity contribution < 1.29 is 14.6 Å². The highest BCUT2D eigenvalue weighted by molar-refractivity contribution is 5.41. The Hall–Kier alpha value is -1.10. The van der Waals surface area contributed by atoms with E-state index in [4.69, 9.17) is 9.47 Å². The van der Waals surface area contributed by atoms with Gasteiger partial charge in [0.15, 0.2) is 0 Å². The average molecular weight is 307 g/mol. The first-order valence-corrected chi connectivity index (χ1v) is 8.11. The van der Waals surface area contributed by atoms with Gasteiger partial charge in [-0.15, -0.1) is 0 Å². The Balaban J connectivity index is 1.86. The topological polar surface area (TPSA) is 41.9 Å². The molecule has 0 aliphatic carbocycles. The molecule has 0 saturated carbocycles. The standard InChI is InChI=1S/C18H29NO3/c1-12-6-13(2)16(5)18(7-12)21-11-17(20)10-19-8-14(3)22-15(4)9-19/h6-7,14-15,17,20H,8-11H2,1-5H3/t14-,15-,17-/m1/s1. The quantitative estimate of drug-likeness (QED) is 0.907. The number of rotatable bonds is 5. The molecule has 22 heavy (non-hydrogen) atoms. The SMILES string of the molecule is Cc1cc(C)c(C)c(OC[C@H](O)CN2C[C@@H](C)O[C@H](C)C2)c1. The van der Waals surface area contributed by atoms with Gasteiger partial charge in [0.25, 0.3) is 0 Å². The van der Waals surface area contributed by atoms with Crippen molar-refractivity contribution in [3.05, 3.63) is 28.8 Å². The van der Waals surface area contributed by atoms with Crippen LogP contribution in [-0.4, -0.2) is 54.6 Å². The molecule has 1 aromatic rings. The first kappa shape index (κ1) is 17.3. The number of morpholine rings is 1. The molecule has 2 rings (SSSR count). The zero-order valence-corrected chi connectivity index (χ0v) is 14.4. The fourth-order valence-corrected chi connectivity index (χ4v) is 3.12. The van der Waals surface area contributed by atoms with Crippen molar-refractivity contribution in [3.63, 3.8) is 0 Å². The molecule has 1 heterocycles. The van der Waals surface area contributed by atoms with Gasteiger partial charge < -0.3 is 14.6 Å². The van der Waals surface area contributed by atoms with E-state index in [9.17, 15) is 5.11 Å². The lowest BCUT2D eigenvalue weighted by Crippen LogP contribution is -2.48. The Labute approximate surface area is 134 Å². The zero-order valence-electron chi connectivity index (χ0n) is 14.4. The van der Waals surface area contributed by atoms with E-state index in [0.29, 0.717) is 13.2 Å². The van der Waals surface area contributed by atoms with E-state index in [0.717, 1.165) is 24.4 Å². The summed E-state index contributed by atoms with van der Waals surface area (Å²) < 4.78 is 11.6. The second-order valence-electron chi connectivity index (χ2n) is 6.65. The van der Waals surface area contributed by atoms with Crippen LogP contribution in [0.15, 0.2) is 12.1 Å². The van der Waals surface area contributed by atoms with Crippen LogP contribution in [0.4, 0.5) is 0 Å². The molecule has 124 valence electrons. The minimum absolute atomic E-state index is 0.221. The third-order valence-electron chi connectivity index (χ3n) is 4.16. The average Bonchev–Trinajstić information content (AvgIpc) is 2.40. The summed E-state index contributed by atoms with van der Waals surface area (Å²) >= 11 is 0. The van der Waals surface area contributed by atoms with Crippen molar-refractivity contribution in [2.75, 3.05) is 26.2 Å². The van der Waals surface area contributed by atoms with Crippen LogP contribution < -0.4 is 4.74 Å². The number of benzene rings is 1. The Kier molecular flexibility index (Phi) is 5.84. The number of aliphatic hydroxyl groups excluding tert-OH is 1. The van der Waals surface area contributed by atoms with Crippen LogP contribution in [0.5, 0.6) is 5.75 Å². The van der Waals surface area contributed by atoms with Crippen LogP contribution in [0.25, 0.3) is 0 Å². The zero-order chi connectivity index (χ0) is 16.3. The van der Waals surface area contributed by atoms with Gasteiger partial charge in [-0.3, -0.25) is 4.90 Å². The number of ether oxygens (including phenoxy) is 2. The van der Waals surface area contributed by atoms with Gasteiger partial charge in [0.05, 0.1) is 12.2 Å². The summed E-state index contributed by atoms with van der Waals surface area (Å²) in [5, 5.41) is 10.3. The third kappa shape index (κ3) is 4.70. The Morgan fingerprint density at radius 2 is 1.86 bits per heavy atom. The summed E-state index contributed by atoms with van der Waals surface area (Å²) in [4.78, 5) is 2.25. The van der Waals surface area contributed by atoms with Crippen molar-refractivity contribution in [3.8, 4) is 5.75 Å². The molecule has 4 nitrogen and oxygen atoms in total. The van der Waals surface area contributed by atoms with Crippen LogP contribution >= 0.6 is 0 Å². The smallest absolute Gasteiger partial charge is 0.122 e. The highest BCUT2D eigenvalue weighted by Gasteiger charge is 2.24. The molecule has 0 unspecified atom stereocenters. The van der Waals surface area contributed by atoms with E-state index in [1.165, 1.54) is 11.1 Å². The van der Waals surface area contributed by atoms with Gasteiger partial charge in [-0.05, 0) is 57.4 Å². The van der Waals surface area contributed by atoms with E-state index in [1.807, 2.05) is 6.07 Å². The molecule has 1 saturated heterocycles. The van der Waals surface area contributed by atoms with E-state index < -0.39 is 6.10 Å². The molecular formula is C18H29NO3. The largest absolute Gasteiger partial charge is 0.491 e. The summed E-state index contributed by atoms with van der Waals surface area (Å²) in [6.07, 6.45) is -0.0465. The number of aliphatic hydroxyl groups is 1. The molecule has 0 bridgehead atoms. The molecule has 1 N–H and O–H groups in total. The van der Waals surface area contributed by atoms with Crippen LogP contribution in [-0.2, 0) is 4.74 Å². The highest BCUT2D eigenvalue weighted by atomic mass is 16.5. The van der Waals surface area contributed by atoms with Crippen LogP contribution in [0, 0.1) is 20.8 Å². The van der Waals surface area contributed by atoms with E-state index >= 15 is 0 Å². The monoisotopic (exact) mass is 307 g/mol. The summed E-state index contributed by atoms with van der Waals surface area (Å²) in [5.74, 6) is 0.875. The number of nitrogens with zero attached hydrogens (tertiary/aromatic N) is 1. The molecule has 0 aromatic heterocycles. The number of hydrogen-bond donors (Lipinski definition) is 1. The lowest BCUT2D eigenvalue weighted by molar-refractivity contribution is -0.0787. The third-order valence-corrected chi connectivity index (χ3v) is 4.16. The van der Waals surface area contributed by atoms with Gasteiger partial charge in [0.1, 0.15) is 18.5 Å². The molecule has 4 heteroatoms. The summed E-state index contributed by atoms with van der Waals surface area (Å²) in [6.45, 7) is 13.0. The lowest BCUT2D eigenvalue weighted by Gasteiger charge is -2.36. The Morgan fingerprint density at radius 3 is 2.50 bits per heavy atom. The predicted octanol–water partition coefficient (Wildman–Crippen LogP) is 2.46. The van der Waals surface area contributed by atoms with Crippen LogP contribution in [0.2, 0.25) is 0 Å². The van der Waals surface area contributed by atoms with E-state index in [-0.39, 0.29) is 12.2 Å². The molecule has 1 fully saturated rings. The van der Waals surface area contributed by atoms with Crippen molar-refractivity contribution >= 4 is 0 Å².